The third kappa shape index (κ3) is 2.87. The third-order valence-electron chi connectivity index (χ3n) is 5.24. The molecule has 0 saturated heterocycles. The van der Waals surface area contributed by atoms with Crippen LogP contribution in [0.2, 0.25) is 0 Å². The molecule has 0 amide bonds. The standard InChI is InChI=1S/C25H18N.W/c1-17-22-10-6-5-7-18(22)11-12-23(17)25-24-16-20-9-4-3-8-19(20)15-21(24)13-14-26(25)2;/h3-11,13-15H,1-2H3;/q-1;+2. The monoisotopic (exact) mass is 516 g/mol. The Balaban J connectivity index is 0.00000180. The molecule has 0 N–H and O–H groups in total. The van der Waals surface area contributed by atoms with Gasteiger partial charge in [0.15, 0.2) is 6.20 Å². The number of benzene rings is 4. The molecule has 5 aromatic rings. The summed E-state index contributed by atoms with van der Waals surface area (Å²) in [5, 5.41) is 7.22. The molecule has 1 heterocycles. The minimum Gasteiger partial charge on any atom is -0.243 e. The molecule has 1 nitrogen and oxygen atoms in total. The maximum absolute atomic E-state index is 3.65. The van der Waals surface area contributed by atoms with E-state index in [1.165, 1.54) is 27.1 Å². The Morgan fingerprint density at radius 1 is 0.852 bits per heavy atom. The summed E-state index contributed by atoms with van der Waals surface area (Å²) in [6.07, 6.45) is 2.13. The largest absolute Gasteiger partial charge is 2.00 e. The van der Waals surface area contributed by atoms with Crippen LogP contribution < -0.4 is 4.57 Å². The van der Waals surface area contributed by atoms with Crippen LogP contribution in [0, 0.1) is 19.1 Å². The van der Waals surface area contributed by atoms with Gasteiger partial charge in [-0.25, -0.2) is 4.57 Å². The predicted octanol–water partition coefficient (Wildman–Crippen LogP) is 5.54. The second-order valence-electron chi connectivity index (χ2n) is 6.84. The number of aryl methyl sites for hydroxylation is 2. The normalized spacial score (nSPS) is 11.0. The molecule has 0 aliphatic carbocycles. The van der Waals surface area contributed by atoms with E-state index < -0.39 is 0 Å². The number of nitrogens with zero attached hydrogens (tertiary/aromatic N) is 1. The second kappa shape index (κ2) is 6.91. The van der Waals surface area contributed by atoms with E-state index in [2.05, 4.69) is 104 Å². The molecule has 0 saturated carbocycles. The smallest absolute Gasteiger partial charge is 0.243 e. The SMILES string of the molecule is Cc1c(-c2c3[c-]c4ccccc4cc3cc[n+]2C)[c-]cc2ccccc12.[W+2]. The minimum absolute atomic E-state index is 0. The van der Waals surface area contributed by atoms with Crippen LogP contribution >= 0.6 is 0 Å². The maximum atomic E-state index is 3.65. The molecule has 1 aromatic heterocycles. The topological polar surface area (TPSA) is 3.88 Å². The molecule has 0 spiro atoms. The van der Waals surface area contributed by atoms with Gasteiger partial charge >= 0.3 is 21.1 Å². The van der Waals surface area contributed by atoms with Gasteiger partial charge in [0, 0.05) is 0 Å². The molecule has 4 aromatic carbocycles. The van der Waals surface area contributed by atoms with Crippen LogP contribution in [0.1, 0.15) is 5.56 Å². The minimum atomic E-state index is 0. The van der Waals surface area contributed by atoms with E-state index in [4.69, 9.17) is 0 Å². The first-order valence-electron chi connectivity index (χ1n) is 8.86. The summed E-state index contributed by atoms with van der Waals surface area (Å²) in [7, 11) is 2.10. The quantitative estimate of drug-likeness (QED) is 0.157. The van der Waals surface area contributed by atoms with Gasteiger partial charge in [0.2, 0.25) is 0 Å². The van der Waals surface area contributed by atoms with Crippen molar-refractivity contribution in [3.8, 4) is 11.3 Å². The van der Waals surface area contributed by atoms with Crippen LogP contribution in [0.25, 0.3) is 43.6 Å². The number of fused-ring (bicyclic) bond motifs is 3. The summed E-state index contributed by atoms with van der Waals surface area (Å²) in [6, 6.07) is 30.6. The zero-order valence-electron chi connectivity index (χ0n) is 15.3. The number of hydrogen-bond donors (Lipinski definition) is 0. The maximum Gasteiger partial charge on any atom is 2.00 e. The van der Waals surface area contributed by atoms with Crippen LogP contribution in [0.5, 0.6) is 0 Å². The summed E-state index contributed by atoms with van der Waals surface area (Å²) in [5.41, 5.74) is 3.56. The van der Waals surface area contributed by atoms with Crippen molar-refractivity contribution in [3.05, 3.63) is 90.6 Å². The fraction of sp³-hybridized carbons (Fsp3) is 0.0800. The van der Waals surface area contributed by atoms with Crippen molar-refractivity contribution in [1.82, 2.24) is 0 Å². The number of hydrogen-bond acceptors (Lipinski definition) is 0. The van der Waals surface area contributed by atoms with Crippen molar-refractivity contribution in [1.29, 1.82) is 0 Å². The Labute approximate surface area is 173 Å². The molecule has 0 aliphatic rings. The van der Waals surface area contributed by atoms with Gasteiger partial charge in [0.05, 0.1) is 0 Å². The Hall–Kier alpha value is -2.50. The van der Waals surface area contributed by atoms with E-state index in [1.807, 2.05) is 0 Å². The predicted molar refractivity (Wildman–Crippen MR) is 108 cm³/mol. The van der Waals surface area contributed by atoms with Gasteiger partial charge in [0.1, 0.15) is 12.7 Å². The first-order valence-corrected chi connectivity index (χ1v) is 8.86. The van der Waals surface area contributed by atoms with Crippen LogP contribution in [0.4, 0.5) is 0 Å². The van der Waals surface area contributed by atoms with E-state index in [1.54, 1.807) is 0 Å². The molecule has 128 valence electrons. The molecule has 0 bridgehead atoms. The summed E-state index contributed by atoms with van der Waals surface area (Å²) in [5.74, 6) is 0. The molecular formula is C25H18NW+. The van der Waals surface area contributed by atoms with Crippen molar-refractivity contribution in [2.75, 3.05) is 0 Å². The molecule has 0 atom stereocenters. The summed E-state index contributed by atoms with van der Waals surface area (Å²) < 4.78 is 2.18. The number of aromatic nitrogens is 1. The van der Waals surface area contributed by atoms with Crippen LogP contribution in [0.3, 0.4) is 0 Å². The molecule has 0 radical (unpaired) electrons. The Morgan fingerprint density at radius 2 is 1.59 bits per heavy atom. The number of pyridine rings is 1. The molecule has 5 rings (SSSR count). The van der Waals surface area contributed by atoms with Crippen molar-refractivity contribution >= 4 is 32.3 Å². The molecule has 0 aliphatic heterocycles. The summed E-state index contributed by atoms with van der Waals surface area (Å²) in [6.45, 7) is 2.19. The average molecular weight is 516 g/mol. The van der Waals surface area contributed by atoms with E-state index in [9.17, 15) is 0 Å². The zero-order valence-corrected chi connectivity index (χ0v) is 18.2. The van der Waals surface area contributed by atoms with E-state index in [-0.39, 0.29) is 21.1 Å². The molecule has 2 heteroatoms. The van der Waals surface area contributed by atoms with Gasteiger partial charge in [-0.2, -0.15) is 0 Å². The first kappa shape index (κ1) is 17.9. The van der Waals surface area contributed by atoms with Gasteiger partial charge < -0.3 is 0 Å². The van der Waals surface area contributed by atoms with Crippen molar-refractivity contribution in [2.24, 2.45) is 7.05 Å². The molecular weight excluding hydrogens is 498 g/mol. The van der Waals surface area contributed by atoms with Gasteiger partial charge in [-0.15, -0.1) is 41.3 Å². The van der Waals surface area contributed by atoms with Crippen LogP contribution in [0.15, 0.2) is 72.9 Å². The van der Waals surface area contributed by atoms with E-state index in [0.29, 0.717) is 0 Å². The fourth-order valence-electron chi connectivity index (χ4n) is 3.86. The van der Waals surface area contributed by atoms with Gasteiger partial charge in [0.25, 0.3) is 0 Å². The Bertz CT molecular complexity index is 1300. The molecule has 27 heavy (non-hydrogen) atoms. The summed E-state index contributed by atoms with van der Waals surface area (Å²) in [4.78, 5) is 0. The summed E-state index contributed by atoms with van der Waals surface area (Å²) >= 11 is 0. The first-order chi connectivity index (χ1) is 12.7. The Kier molecular flexibility index (Phi) is 4.58. The van der Waals surface area contributed by atoms with E-state index >= 15 is 0 Å². The van der Waals surface area contributed by atoms with E-state index in [0.717, 1.165) is 22.0 Å². The van der Waals surface area contributed by atoms with Crippen molar-refractivity contribution < 1.29 is 25.6 Å². The van der Waals surface area contributed by atoms with Gasteiger partial charge in [-0.3, -0.25) is 0 Å². The van der Waals surface area contributed by atoms with Crippen LogP contribution in [-0.2, 0) is 28.1 Å². The average Bonchev–Trinajstić information content (AvgIpc) is 2.68. The van der Waals surface area contributed by atoms with Crippen molar-refractivity contribution in [3.63, 3.8) is 0 Å². The second-order valence-corrected chi connectivity index (χ2v) is 6.84. The zero-order chi connectivity index (χ0) is 17.7. The fourth-order valence-corrected chi connectivity index (χ4v) is 3.86. The molecule has 0 fully saturated rings. The van der Waals surface area contributed by atoms with Crippen molar-refractivity contribution in [2.45, 2.75) is 6.92 Å². The number of rotatable bonds is 1. The third-order valence-corrected chi connectivity index (χ3v) is 5.24. The Morgan fingerprint density at radius 3 is 2.44 bits per heavy atom. The van der Waals surface area contributed by atoms with Crippen LogP contribution in [-0.4, -0.2) is 0 Å². The van der Waals surface area contributed by atoms with Gasteiger partial charge in [-0.1, -0.05) is 81.9 Å². The molecule has 0 unspecified atom stereocenters. The van der Waals surface area contributed by atoms with Gasteiger partial charge in [-0.05, 0) is 6.07 Å².